The highest BCUT2D eigenvalue weighted by molar-refractivity contribution is 5.39. The van der Waals surface area contributed by atoms with Crippen molar-refractivity contribution in [1.82, 2.24) is 10.3 Å². The summed E-state index contributed by atoms with van der Waals surface area (Å²) in [5.74, 6) is 0.879. The van der Waals surface area contributed by atoms with Crippen molar-refractivity contribution in [2.75, 3.05) is 7.05 Å². The maximum atomic E-state index is 13.7. The van der Waals surface area contributed by atoms with Gasteiger partial charge in [0.25, 0.3) is 0 Å². The van der Waals surface area contributed by atoms with E-state index >= 15 is 0 Å². The molecule has 0 fully saturated rings. The molecule has 18 heavy (non-hydrogen) atoms. The van der Waals surface area contributed by atoms with E-state index in [-0.39, 0.29) is 5.82 Å². The largest absolute Gasteiger partial charge is 0.455 e. The van der Waals surface area contributed by atoms with E-state index < -0.39 is 0 Å². The van der Waals surface area contributed by atoms with Crippen LogP contribution in [-0.2, 0) is 6.54 Å². The van der Waals surface area contributed by atoms with Gasteiger partial charge in [-0.1, -0.05) is 6.07 Å². The molecule has 0 saturated heterocycles. The predicted octanol–water partition coefficient (Wildman–Crippen LogP) is 3.04. The first-order valence-corrected chi connectivity index (χ1v) is 5.74. The van der Waals surface area contributed by atoms with E-state index in [0.29, 0.717) is 23.6 Å². The number of ether oxygens (including phenoxy) is 1. The molecule has 1 heterocycles. The van der Waals surface area contributed by atoms with Crippen molar-refractivity contribution in [3.05, 3.63) is 53.6 Å². The van der Waals surface area contributed by atoms with Crippen molar-refractivity contribution in [2.45, 2.75) is 13.5 Å². The van der Waals surface area contributed by atoms with Crippen molar-refractivity contribution >= 4 is 0 Å². The number of aromatic nitrogens is 1. The Morgan fingerprint density at radius 3 is 2.72 bits per heavy atom. The van der Waals surface area contributed by atoms with Crippen LogP contribution in [0.4, 0.5) is 4.39 Å². The molecule has 0 saturated carbocycles. The van der Waals surface area contributed by atoms with Crippen molar-refractivity contribution in [2.24, 2.45) is 0 Å². The fourth-order valence-electron chi connectivity index (χ4n) is 1.68. The summed E-state index contributed by atoms with van der Waals surface area (Å²) in [6.45, 7) is 2.27. The third-order valence-corrected chi connectivity index (χ3v) is 2.61. The van der Waals surface area contributed by atoms with Crippen LogP contribution in [0.3, 0.4) is 0 Å². The molecule has 0 radical (unpaired) electrons. The highest BCUT2D eigenvalue weighted by Gasteiger charge is 2.10. The number of pyridine rings is 1. The fourth-order valence-corrected chi connectivity index (χ4v) is 1.68. The van der Waals surface area contributed by atoms with Crippen molar-refractivity contribution in [3.8, 4) is 11.5 Å². The quantitative estimate of drug-likeness (QED) is 0.900. The first-order valence-electron chi connectivity index (χ1n) is 5.74. The van der Waals surface area contributed by atoms with Crippen LogP contribution in [0.25, 0.3) is 0 Å². The second kappa shape index (κ2) is 5.60. The molecule has 1 aromatic heterocycles. The fraction of sp³-hybridized carbons (Fsp3) is 0.214. The average Bonchev–Trinajstić information content (AvgIpc) is 2.36. The normalized spacial score (nSPS) is 10.4. The Morgan fingerprint density at radius 2 is 2.00 bits per heavy atom. The van der Waals surface area contributed by atoms with E-state index in [2.05, 4.69) is 10.3 Å². The molecule has 0 amide bonds. The molecular formula is C14H15FN2O. The zero-order valence-electron chi connectivity index (χ0n) is 10.4. The molecule has 1 N–H and O–H groups in total. The zero-order chi connectivity index (χ0) is 13.0. The molecule has 2 aromatic rings. The molecule has 3 nitrogen and oxygen atoms in total. The van der Waals surface area contributed by atoms with E-state index in [1.165, 1.54) is 6.07 Å². The third kappa shape index (κ3) is 2.65. The molecular weight excluding hydrogens is 231 g/mol. The minimum absolute atomic E-state index is 0.275. The first-order chi connectivity index (χ1) is 8.72. The smallest absolute Gasteiger partial charge is 0.148 e. The van der Waals surface area contributed by atoms with Gasteiger partial charge in [-0.25, -0.2) is 4.39 Å². The number of rotatable bonds is 4. The predicted molar refractivity (Wildman–Crippen MR) is 68.2 cm³/mol. The zero-order valence-corrected chi connectivity index (χ0v) is 10.4. The van der Waals surface area contributed by atoms with Crippen LogP contribution in [0, 0.1) is 12.7 Å². The second-order valence-electron chi connectivity index (χ2n) is 3.94. The summed E-state index contributed by atoms with van der Waals surface area (Å²) < 4.78 is 19.4. The average molecular weight is 246 g/mol. The first kappa shape index (κ1) is 12.5. The van der Waals surface area contributed by atoms with Gasteiger partial charge in [0.05, 0.1) is 5.69 Å². The number of hydrogen-bond donors (Lipinski definition) is 1. The van der Waals surface area contributed by atoms with Crippen molar-refractivity contribution in [1.29, 1.82) is 0 Å². The van der Waals surface area contributed by atoms with Gasteiger partial charge in [0.15, 0.2) is 0 Å². The summed E-state index contributed by atoms with van der Waals surface area (Å²) in [5.41, 5.74) is 1.29. The van der Waals surface area contributed by atoms with Gasteiger partial charge in [-0.2, -0.15) is 0 Å². The lowest BCUT2D eigenvalue weighted by molar-refractivity contribution is 0.458. The number of hydrogen-bond acceptors (Lipinski definition) is 3. The van der Waals surface area contributed by atoms with Crippen LogP contribution < -0.4 is 10.1 Å². The van der Waals surface area contributed by atoms with E-state index in [1.54, 1.807) is 31.4 Å². The Bertz CT molecular complexity index is 543. The monoisotopic (exact) mass is 246 g/mol. The van der Waals surface area contributed by atoms with Crippen LogP contribution >= 0.6 is 0 Å². The SMILES string of the molecule is CNCc1c(F)cccc1Oc1cccnc1C. The molecule has 0 atom stereocenters. The topological polar surface area (TPSA) is 34.1 Å². The molecule has 94 valence electrons. The lowest BCUT2D eigenvalue weighted by Crippen LogP contribution is -2.08. The summed E-state index contributed by atoms with van der Waals surface area (Å²) in [6, 6.07) is 8.42. The molecule has 0 aliphatic carbocycles. The highest BCUT2D eigenvalue weighted by atomic mass is 19.1. The number of nitrogens with one attached hydrogen (secondary N) is 1. The molecule has 0 unspecified atom stereocenters. The van der Waals surface area contributed by atoms with Gasteiger partial charge < -0.3 is 10.1 Å². The van der Waals surface area contributed by atoms with Gasteiger partial charge in [-0.05, 0) is 38.2 Å². The van der Waals surface area contributed by atoms with Crippen LogP contribution in [-0.4, -0.2) is 12.0 Å². The Hall–Kier alpha value is -1.94. The third-order valence-electron chi connectivity index (χ3n) is 2.61. The maximum absolute atomic E-state index is 13.7. The Morgan fingerprint density at radius 1 is 1.22 bits per heavy atom. The minimum Gasteiger partial charge on any atom is -0.455 e. The minimum atomic E-state index is -0.275. The Kier molecular flexibility index (Phi) is 3.89. The summed E-state index contributed by atoms with van der Waals surface area (Å²) >= 11 is 0. The van der Waals surface area contributed by atoms with E-state index in [4.69, 9.17) is 4.74 Å². The summed E-state index contributed by atoms with van der Waals surface area (Å²) in [6.07, 6.45) is 1.70. The van der Waals surface area contributed by atoms with Crippen molar-refractivity contribution < 1.29 is 9.13 Å². The Labute approximate surface area is 106 Å². The number of nitrogens with zero attached hydrogens (tertiary/aromatic N) is 1. The van der Waals surface area contributed by atoms with Gasteiger partial charge in [0, 0.05) is 18.3 Å². The van der Waals surface area contributed by atoms with Gasteiger partial charge in [-0.15, -0.1) is 0 Å². The lowest BCUT2D eigenvalue weighted by Gasteiger charge is -2.12. The molecule has 0 bridgehead atoms. The van der Waals surface area contributed by atoms with Crippen molar-refractivity contribution in [3.63, 3.8) is 0 Å². The molecule has 2 rings (SSSR count). The second-order valence-corrected chi connectivity index (χ2v) is 3.94. The van der Waals surface area contributed by atoms with E-state index in [0.717, 1.165) is 5.69 Å². The number of benzene rings is 1. The van der Waals surface area contributed by atoms with Crippen LogP contribution in [0.2, 0.25) is 0 Å². The summed E-state index contributed by atoms with van der Waals surface area (Å²) in [4.78, 5) is 4.14. The van der Waals surface area contributed by atoms with Crippen LogP contribution in [0.5, 0.6) is 11.5 Å². The molecule has 4 heteroatoms. The van der Waals surface area contributed by atoms with Gasteiger partial charge in [0.2, 0.25) is 0 Å². The number of halogens is 1. The van der Waals surface area contributed by atoms with Gasteiger partial charge >= 0.3 is 0 Å². The van der Waals surface area contributed by atoms with Crippen LogP contribution in [0.15, 0.2) is 36.5 Å². The molecule has 1 aromatic carbocycles. The van der Waals surface area contributed by atoms with Gasteiger partial charge in [-0.3, -0.25) is 4.98 Å². The molecule has 0 aliphatic rings. The van der Waals surface area contributed by atoms with Crippen LogP contribution in [0.1, 0.15) is 11.3 Å². The standard InChI is InChI=1S/C14H15FN2O/c1-10-13(7-4-8-17-10)18-14-6-3-5-12(15)11(14)9-16-2/h3-8,16H,9H2,1-2H3. The lowest BCUT2D eigenvalue weighted by atomic mass is 10.2. The Balaban J connectivity index is 2.34. The van der Waals surface area contributed by atoms with E-state index in [1.807, 2.05) is 13.0 Å². The summed E-state index contributed by atoms with van der Waals surface area (Å²) in [5, 5.41) is 2.93. The highest BCUT2D eigenvalue weighted by Crippen LogP contribution is 2.28. The van der Waals surface area contributed by atoms with E-state index in [9.17, 15) is 4.39 Å². The van der Waals surface area contributed by atoms with Gasteiger partial charge in [0.1, 0.15) is 17.3 Å². The number of aryl methyl sites for hydroxylation is 1. The molecule has 0 aliphatic heterocycles. The summed E-state index contributed by atoms with van der Waals surface area (Å²) in [7, 11) is 1.77. The molecule has 0 spiro atoms. The maximum Gasteiger partial charge on any atom is 0.148 e.